The van der Waals surface area contributed by atoms with Gasteiger partial charge in [0.15, 0.2) is 8.29 Å². The Morgan fingerprint density at radius 3 is 2.61 bits per heavy atom. The molecule has 0 saturated heterocycles. The monoisotopic (exact) mass is 468 g/mol. The van der Waals surface area contributed by atoms with Gasteiger partial charge in [-0.3, -0.25) is 0 Å². The summed E-state index contributed by atoms with van der Waals surface area (Å²) in [5, 5.41) is 4.63. The lowest BCUT2D eigenvalue weighted by Gasteiger charge is -2.28. The van der Waals surface area contributed by atoms with Crippen molar-refractivity contribution in [1.29, 1.82) is 0 Å². The molecule has 31 heavy (non-hydrogen) atoms. The lowest BCUT2D eigenvalue weighted by Crippen LogP contribution is -2.19. The zero-order chi connectivity index (χ0) is 21.2. The Bertz CT molecular complexity index is 1260. The van der Waals surface area contributed by atoms with Crippen LogP contribution in [0, 0.1) is 9.77 Å². The number of ether oxygens (including phenoxy) is 2. The van der Waals surface area contributed by atoms with E-state index in [0.717, 1.165) is 21.2 Å². The number of para-hydroxylation sites is 1. The van der Waals surface area contributed by atoms with Crippen molar-refractivity contribution in [3.05, 3.63) is 99.3 Å². The van der Waals surface area contributed by atoms with Crippen molar-refractivity contribution in [3.8, 4) is 11.4 Å². The van der Waals surface area contributed by atoms with Crippen LogP contribution in [0.25, 0.3) is 5.69 Å². The van der Waals surface area contributed by atoms with E-state index in [0.29, 0.717) is 27.6 Å². The average molecular weight is 469 g/mol. The van der Waals surface area contributed by atoms with Crippen LogP contribution in [0.5, 0.6) is 5.75 Å². The third-order valence-corrected chi connectivity index (χ3v) is 7.19. The molecule has 0 aliphatic carbocycles. The molecule has 1 atom stereocenters. The van der Waals surface area contributed by atoms with Gasteiger partial charge in [-0.05, 0) is 36.5 Å². The van der Waals surface area contributed by atoms with Gasteiger partial charge in [-0.25, -0.2) is 9.07 Å². The van der Waals surface area contributed by atoms with Crippen molar-refractivity contribution < 1.29 is 13.9 Å². The minimum Gasteiger partial charge on any atom is -0.460 e. The molecule has 0 bridgehead atoms. The molecule has 4 nitrogen and oxygen atoms in total. The fourth-order valence-corrected chi connectivity index (χ4v) is 5.68. The molecule has 0 fully saturated rings. The van der Waals surface area contributed by atoms with Gasteiger partial charge in [0, 0.05) is 22.4 Å². The fourth-order valence-electron chi connectivity index (χ4n) is 3.35. The molecule has 0 saturated carbocycles. The van der Waals surface area contributed by atoms with Crippen molar-refractivity contribution in [3.63, 3.8) is 0 Å². The molecule has 1 unspecified atom stereocenters. The van der Waals surface area contributed by atoms with Gasteiger partial charge in [0.1, 0.15) is 11.6 Å². The SMILES string of the molecule is Fc1cc2c(c(CSc3nn(-c4ccccc4)c(=S)s3)c1)OC(c1ccccc1)OC2. The summed E-state index contributed by atoms with van der Waals surface area (Å²) in [6, 6.07) is 22.5. The molecule has 1 aliphatic heterocycles. The van der Waals surface area contributed by atoms with E-state index in [4.69, 9.17) is 21.7 Å². The van der Waals surface area contributed by atoms with Crippen molar-refractivity contribution in [1.82, 2.24) is 9.78 Å². The van der Waals surface area contributed by atoms with Crippen LogP contribution < -0.4 is 4.74 Å². The van der Waals surface area contributed by atoms with Crippen LogP contribution in [0.4, 0.5) is 4.39 Å². The van der Waals surface area contributed by atoms with Crippen LogP contribution in [-0.2, 0) is 17.1 Å². The zero-order valence-electron chi connectivity index (χ0n) is 16.2. The number of halogens is 1. The van der Waals surface area contributed by atoms with Gasteiger partial charge in [-0.2, -0.15) is 0 Å². The van der Waals surface area contributed by atoms with Crippen LogP contribution in [0.2, 0.25) is 0 Å². The van der Waals surface area contributed by atoms with Crippen LogP contribution in [0.3, 0.4) is 0 Å². The number of aromatic nitrogens is 2. The van der Waals surface area contributed by atoms with E-state index in [1.807, 2.05) is 60.7 Å². The van der Waals surface area contributed by atoms with Gasteiger partial charge >= 0.3 is 0 Å². The normalized spacial score (nSPS) is 15.3. The quantitative estimate of drug-likeness (QED) is 0.241. The molecule has 3 aromatic carbocycles. The smallest absolute Gasteiger partial charge is 0.227 e. The lowest BCUT2D eigenvalue weighted by molar-refractivity contribution is -0.112. The fraction of sp³-hybridized carbons (Fsp3) is 0.130. The highest BCUT2D eigenvalue weighted by Gasteiger charge is 2.25. The highest BCUT2D eigenvalue weighted by molar-refractivity contribution is 8.00. The van der Waals surface area contributed by atoms with E-state index in [1.165, 1.54) is 35.2 Å². The summed E-state index contributed by atoms with van der Waals surface area (Å²) >= 11 is 8.43. The van der Waals surface area contributed by atoms with E-state index >= 15 is 0 Å². The molecule has 8 heteroatoms. The number of rotatable bonds is 5. The Hall–Kier alpha value is -2.52. The number of benzene rings is 3. The van der Waals surface area contributed by atoms with Crippen molar-refractivity contribution in [2.75, 3.05) is 0 Å². The molecule has 2 heterocycles. The first-order valence-corrected chi connectivity index (χ1v) is 11.8. The molecule has 4 aromatic rings. The molecule has 0 amide bonds. The minimum absolute atomic E-state index is 0.298. The summed E-state index contributed by atoms with van der Waals surface area (Å²) in [5.74, 6) is 0.890. The Morgan fingerprint density at radius 2 is 1.84 bits per heavy atom. The standard InChI is InChI=1S/C23H17FN2O2S3/c24-18-11-16-13-27-21(15-7-3-1-4-8-15)28-20(16)17(12-18)14-30-22-25-26(23(29)31-22)19-9-5-2-6-10-19/h1-12,21H,13-14H2. The van der Waals surface area contributed by atoms with Crippen LogP contribution in [-0.4, -0.2) is 9.78 Å². The predicted octanol–water partition coefficient (Wildman–Crippen LogP) is 6.70. The molecule has 1 aromatic heterocycles. The van der Waals surface area contributed by atoms with Gasteiger partial charge in [0.2, 0.25) is 6.29 Å². The molecule has 156 valence electrons. The molecule has 0 radical (unpaired) electrons. The number of nitrogens with zero attached hydrogens (tertiary/aromatic N) is 2. The molecular formula is C23H17FN2O2S3. The summed E-state index contributed by atoms with van der Waals surface area (Å²) in [6.45, 7) is 0.298. The Kier molecular flexibility index (Phi) is 5.87. The highest BCUT2D eigenvalue weighted by Crippen LogP contribution is 2.39. The van der Waals surface area contributed by atoms with Gasteiger partial charge < -0.3 is 9.47 Å². The first kappa shape index (κ1) is 20.4. The maximum atomic E-state index is 14.2. The Balaban J connectivity index is 1.39. The predicted molar refractivity (Wildman–Crippen MR) is 123 cm³/mol. The van der Waals surface area contributed by atoms with E-state index in [9.17, 15) is 4.39 Å². The average Bonchev–Trinajstić information content (AvgIpc) is 3.18. The largest absolute Gasteiger partial charge is 0.460 e. The van der Waals surface area contributed by atoms with E-state index in [2.05, 4.69) is 5.10 Å². The Labute approximate surface area is 192 Å². The lowest BCUT2D eigenvalue weighted by atomic mass is 10.1. The van der Waals surface area contributed by atoms with Crippen molar-refractivity contribution in [2.24, 2.45) is 0 Å². The summed E-state index contributed by atoms with van der Waals surface area (Å²) < 4.78 is 29.4. The third-order valence-electron chi connectivity index (χ3n) is 4.78. The first-order valence-electron chi connectivity index (χ1n) is 9.60. The summed E-state index contributed by atoms with van der Waals surface area (Å²) in [5.41, 5.74) is 3.34. The second-order valence-electron chi connectivity index (χ2n) is 6.89. The van der Waals surface area contributed by atoms with Gasteiger partial charge in [0.25, 0.3) is 0 Å². The number of thioether (sulfide) groups is 1. The third kappa shape index (κ3) is 4.43. The second kappa shape index (κ2) is 8.92. The minimum atomic E-state index is -0.512. The van der Waals surface area contributed by atoms with E-state index in [-0.39, 0.29) is 5.82 Å². The molecular weight excluding hydrogens is 451 g/mol. The summed E-state index contributed by atoms with van der Waals surface area (Å²) in [7, 11) is 0. The summed E-state index contributed by atoms with van der Waals surface area (Å²) in [6.07, 6.45) is -0.512. The van der Waals surface area contributed by atoms with E-state index < -0.39 is 6.29 Å². The van der Waals surface area contributed by atoms with Gasteiger partial charge in [-0.15, -0.1) is 5.10 Å². The molecule has 1 aliphatic rings. The van der Waals surface area contributed by atoms with Crippen LogP contribution >= 0.6 is 35.3 Å². The first-order chi connectivity index (χ1) is 15.2. The second-order valence-corrected chi connectivity index (χ2v) is 9.74. The number of fused-ring (bicyclic) bond motifs is 1. The maximum Gasteiger partial charge on any atom is 0.227 e. The van der Waals surface area contributed by atoms with Gasteiger partial charge in [-0.1, -0.05) is 71.6 Å². The molecule has 5 rings (SSSR count). The van der Waals surface area contributed by atoms with Crippen LogP contribution in [0.15, 0.2) is 77.1 Å². The van der Waals surface area contributed by atoms with Crippen molar-refractivity contribution in [2.45, 2.75) is 23.0 Å². The zero-order valence-corrected chi connectivity index (χ0v) is 18.7. The van der Waals surface area contributed by atoms with Crippen LogP contribution in [0.1, 0.15) is 23.0 Å². The maximum absolute atomic E-state index is 14.2. The summed E-state index contributed by atoms with van der Waals surface area (Å²) in [4.78, 5) is 0. The number of hydrogen-bond acceptors (Lipinski definition) is 6. The highest BCUT2D eigenvalue weighted by atomic mass is 32.2. The topological polar surface area (TPSA) is 36.3 Å². The molecule has 0 N–H and O–H groups in total. The van der Waals surface area contributed by atoms with Gasteiger partial charge in [0.05, 0.1) is 12.3 Å². The van der Waals surface area contributed by atoms with Crippen molar-refractivity contribution >= 4 is 35.3 Å². The van der Waals surface area contributed by atoms with E-state index in [1.54, 1.807) is 4.68 Å². The number of hydrogen-bond donors (Lipinski definition) is 0. The molecule has 0 spiro atoms. The Morgan fingerprint density at radius 1 is 1.10 bits per heavy atom.